The van der Waals surface area contributed by atoms with Crippen LogP contribution in [0.1, 0.15) is 39.0 Å². The minimum Gasteiger partial charge on any atom is -0.494 e. The Kier molecular flexibility index (Phi) is 4.88. The van der Waals surface area contributed by atoms with Gasteiger partial charge in [0.1, 0.15) is 17.6 Å². The number of nitrogens with two attached hydrogens (primary N) is 1. The van der Waals surface area contributed by atoms with Crippen LogP contribution in [0.15, 0.2) is 24.3 Å². The van der Waals surface area contributed by atoms with Crippen molar-refractivity contribution in [1.82, 2.24) is 0 Å². The summed E-state index contributed by atoms with van der Waals surface area (Å²) in [5.41, 5.74) is 6.07. The van der Waals surface area contributed by atoms with E-state index in [1.54, 1.807) is 0 Å². The van der Waals surface area contributed by atoms with Crippen LogP contribution in [-0.4, -0.2) is 18.8 Å². The Morgan fingerprint density at radius 1 is 1.11 bits per heavy atom. The highest BCUT2D eigenvalue weighted by Gasteiger charge is 2.23. The van der Waals surface area contributed by atoms with E-state index in [2.05, 4.69) is 6.92 Å². The van der Waals surface area contributed by atoms with Crippen LogP contribution in [0.25, 0.3) is 0 Å². The molecular formula is C15H23NO2. The van der Waals surface area contributed by atoms with Crippen molar-refractivity contribution in [3.05, 3.63) is 24.3 Å². The molecule has 3 nitrogen and oxygen atoms in total. The van der Waals surface area contributed by atoms with E-state index < -0.39 is 0 Å². The van der Waals surface area contributed by atoms with Gasteiger partial charge in [-0.25, -0.2) is 0 Å². The van der Waals surface area contributed by atoms with E-state index in [0.29, 0.717) is 0 Å². The Balaban J connectivity index is 1.89. The van der Waals surface area contributed by atoms with E-state index in [4.69, 9.17) is 15.2 Å². The first-order chi connectivity index (χ1) is 8.79. The molecule has 2 atom stereocenters. The van der Waals surface area contributed by atoms with Gasteiger partial charge < -0.3 is 15.2 Å². The molecule has 1 fully saturated rings. The van der Waals surface area contributed by atoms with Crippen molar-refractivity contribution in [2.75, 3.05) is 6.61 Å². The number of benzene rings is 1. The molecule has 0 unspecified atom stereocenters. The SMILES string of the molecule is CCCOc1ccc(O[C@H]2CCCC[C@@H]2N)cc1. The second-order valence-corrected chi connectivity index (χ2v) is 4.92. The third kappa shape index (κ3) is 3.64. The summed E-state index contributed by atoms with van der Waals surface area (Å²) in [6.07, 6.45) is 5.77. The second kappa shape index (κ2) is 6.64. The van der Waals surface area contributed by atoms with Crippen LogP contribution in [0.2, 0.25) is 0 Å². The Bertz CT molecular complexity index is 350. The van der Waals surface area contributed by atoms with Crippen LogP contribution < -0.4 is 15.2 Å². The van der Waals surface area contributed by atoms with Crippen molar-refractivity contribution in [2.24, 2.45) is 5.73 Å². The lowest BCUT2D eigenvalue weighted by Crippen LogP contribution is -2.41. The Hall–Kier alpha value is -1.22. The van der Waals surface area contributed by atoms with Crippen molar-refractivity contribution >= 4 is 0 Å². The van der Waals surface area contributed by atoms with Crippen LogP contribution in [0.4, 0.5) is 0 Å². The first kappa shape index (κ1) is 13.2. The zero-order valence-corrected chi connectivity index (χ0v) is 11.1. The fourth-order valence-electron chi connectivity index (χ4n) is 2.28. The van der Waals surface area contributed by atoms with Gasteiger partial charge in [-0.3, -0.25) is 0 Å². The molecule has 0 spiro atoms. The molecule has 100 valence electrons. The van der Waals surface area contributed by atoms with Crippen LogP contribution in [0, 0.1) is 0 Å². The minimum absolute atomic E-state index is 0.168. The molecule has 18 heavy (non-hydrogen) atoms. The summed E-state index contributed by atoms with van der Waals surface area (Å²) >= 11 is 0. The topological polar surface area (TPSA) is 44.5 Å². The molecule has 0 aromatic heterocycles. The van der Waals surface area contributed by atoms with Crippen LogP contribution in [-0.2, 0) is 0 Å². The molecular weight excluding hydrogens is 226 g/mol. The lowest BCUT2D eigenvalue weighted by Gasteiger charge is -2.29. The Labute approximate surface area is 109 Å². The van der Waals surface area contributed by atoms with Gasteiger partial charge in [0.05, 0.1) is 6.61 Å². The first-order valence-corrected chi connectivity index (χ1v) is 6.94. The normalized spacial score (nSPS) is 23.7. The van der Waals surface area contributed by atoms with Crippen molar-refractivity contribution in [3.8, 4) is 11.5 Å². The molecule has 0 saturated heterocycles. The van der Waals surface area contributed by atoms with Crippen LogP contribution in [0.3, 0.4) is 0 Å². The van der Waals surface area contributed by atoms with Crippen molar-refractivity contribution in [3.63, 3.8) is 0 Å². The number of hydrogen-bond acceptors (Lipinski definition) is 3. The third-order valence-corrected chi connectivity index (χ3v) is 3.34. The van der Waals surface area contributed by atoms with E-state index in [0.717, 1.165) is 37.4 Å². The van der Waals surface area contributed by atoms with Crippen molar-refractivity contribution in [1.29, 1.82) is 0 Å². The largest absolute Gasteiger partial charge is 0.494 e. The average Bonchev–Trinajstić information content (AvgIpc) is 2.41. The molecule has 0 amide bonds. The minimum atomic E-state index is 0.168. The predicted molar refractivity (Wildman–Crippen MR) is 73.1 cm³/mol. The lowest BCUT2D eigenvalue weighted by atomic mass is 9.93. The quantitative estimate of drug-likeness (QED) is 0.872. The lowest BCUT2D eigenvalue weighted by molar-refractivity contribution is 0.132. The van der Waals surface area contributed by atoms with Gasteiger partial charge in [-0.2, -0.15) is 0 Å². The molecule has 2 N–H and O–H groups in total. The summed E-state index contributed by atoms with van der Waals surface area (Å²) in [6.45, 7) is 2.86. The summed E-state index contributed by atoms with van der Waals surface area (Å²) in [5.74, 6) is 1.79. The van der Waals surface area contributed by atoms with Crippen molar-refractivity contribution in [2.45, 2.75) is 51.2 Å². The molecule has 1 saturated carbocycles. The molecule has 1 aliphatic carbocycles. The summed E-state index contributed by atoms with van der Waals surface area (Å²) in [7, 11) is 0. The Morgan fingerprint density at radius 2 is 1.78 bits per heavy atom. The standard InChI is InChI=1S/C15H23NO2/c1-2-11-17-12-7-9-13(10-8-12)18-15-6-4-3-5-14(15)16/h7-10,14-15H,2-6,11,16H2,1H3/t14-,15-/m0/s1. The van der Waals surface area contributed by atoms with E-state index in [1.807, 2.05) is 24.3 Å². The number of ether oxygens (including phenoxy) is 2. The molecule has 2 rings (SSSR count). The molecule has 0 radical (unpaired) electrons. The Morgan fingerprint density at radius 3 is 2.44 bits per heavy atom. The van der Waals surface area contributed by atoms with E-state index >= 15 is 0 Å². The van der Waals surface area contributed by atoms with Gasteiger partial charge in [0.15, 0.2) is 0 Å². The number of rotatable bonds is 5. The van der Waals surface area contributed by atoms with Crippen molar-refractivity contribution < 1.29 is 9.47 Å². The van der Waals surface area contributed by atoms with E-state index in [9.17, 15) is 0 Å². The highest BCUT2D eigenvalue weighted by molar-refractivity contribution is 5.31. The van der Waals surface area contributed by atoms with Gasteiger partial charge in [0.25, 0.3) is 0 Å². The van der Waals surface area contributed by atoms with Gasteiger partial charge in [-0.05, 0) is 49.9 Å². The summed E-state index contributed by atoms with van der Waals surface area (Å²) in [4.78, 5) is 0. The van der Waals surface area contributed by atoms with E-state index in [-0.39, 0.29) is 12.1 Å². The van der Waals surface area contributed by atoms with Gasteiger partial charge in [0, 0.05) is 6.04 Å². The molecule has 0 aliphatic heterocycles. The molecule has 3 heteroatoms. The fourth-order valence-corrected chi connectivity index (χ4v) is 2.28. The second-order valence-electron chi connectivity index (χ2n) is 4.92. The highest BCUT2D eigenvalue weighted by Crippen LogP contribution is 2.24. The highest BCUT2D eigenvalue weighted by atomic mass is 16.5. The van der Waals surface area contributed by atoms with Gasteiger partial charge >= 0.3 is 0 Å². The maximum Gasteiger partial charge on any atom is 0.120 e. The molecule has 1 aromatic rings. The number of hydrogen-bond donors (Lipinski definition) is 1. The van der Waals surface area contributed by atoms with Crippen LogP contribution in [0.5, 0.6) is 11.5 Å². The zero-order chi connectivity index (χ0) is 12.8. The van der Waals surface area contributed by atoms with Gasteiger partial charge in [0.2, 0.25) is 0 Å². The van der Waals surface area contributed by atoms with Gasteiger partial charge in [-0.15, -0.1) is 0 Å². The third-order valence-electron chi connectivity index (χ3n) is 3.34. The zero-order valence-electron chi connectivity index (χ0n) is 11.1. The molecule has 1 aliphatic rings. The average molecular weight is 249 g/mol. The maximum absolute atomic E-state index is 6.07. The summed E-state index contributed by atoms with van der Waals surface area (Å²) in [6, 6.07) is 8.02. The molecule has 0 bridgehead atoms. The fraction of sp³-hybridized carbons (Fsp3) is 0.600. The first-order valence-electron chi connectivity index (χ1n) is 6.94. The molecule has 0 heterocycles. The van der Waals surface area contributed by atoms with Crippen LogP contribution >= 0.6 is 0 Å². The van der Waals surface area contributed by atoms with Gasteiger partial charge in [-0.1, -0.05) is 13.3 Å². The summed E-state index contributed by atoms with van der Waals surface area (Å²) < 4.78 is 11.5. The van der Waals surface area contributed by atoms with E-state index in [1.165, 1.54) is 12.8 Å². The predicted octanol–water partition coefficient (Wildman–Crippen LogP) is 3.12. The summed E-state index contributed by atoms with van der Waals surface area (Å²) in [5, 5.41) is 0. The molecule has 1 aromatic carbocycles. The maximum atomic E-state index is 6.07. The monoisotopic (exact) mass is 249 g/mol. The smallest absolute Gasteiger partial charge is 0.120 e.